The topological polar surface area (TPSA) is 41.6 Å². The minimum Gasteiger partial charge on any atom is -0.496 e. The molecular formula is C24H33ClN2O2. The molecule has 1 heterocycles. The number of ether oxygens (including phenoxy) is 1. The predicted octanol–water partition coefficient (Wildman–Crippen LogP) is 4.53. The van der Waals surface area contributed by atoms with Crippen molar-refractivity contribution < 1.29 is 9.53 Å². The predicted molar refractivity (Wildman–Crippen MR) is 115 cm³/mol. The molecule has 1 aromatic carbocycles. The summed E-state index contributed by atoms with van der Waals surface area (Å²) in [6, 6.07) is 8.41. The summed E-state index contributed by atoms with van der Waals surface area (Å²) in [5.74, 6) is 2.44. The maximum absolute atomic E-state index is 13.5. The maximum Gasteiger partial charge on any atom is 0.226 e. The molecule has 1 saturated heterocycles. The van der Waals surface area contributed by atoms with Crippen LogP contribution in [-0.2, 0) is 4.79 Å². The van der Waals surface area contributed by atoms with Gasteiger partial charge >= 0.3 is 0 Å². The molecule has 158 valence electrons. The van der Waals surface area contributed by atoms with Crippen molar-refractivity contribution in [2.75, 3.05) is 26.7 Å². The van der Waals surface area contributed by atoms with Gasteiger partial charge in [-0.05, 0) is 82.4 Å². The van der Waals surface area contributed by atoms with Gasteiger partial charge in [-0.2, -0.15) is 0 Å². The molecule has 5 heteroatoms. The van der Waals surface area contributed by atoms with Crippen molar-refractivity contribution in [1.29, 1.82) is 0 Å². The zero-order valence-electron chi connectivity index (χ0n) is 17.5. The molecule has 0 radical (unpaired) electrons. The van der Waals surface area contributed by atoms with Crippen LogP contribution in [0.15, 0.2) is 24.3 Å². The summed E-state index contributed by atoms with van der Waals surface area (Å²) in [5.41, 5.74) is 0.943. The van der Waals surface area contributed by atoms with Crippen molar-refractivity contribution in [3.05, 3.63) is 29.8 Å². The quantitative estimate of drug-likeness (QED) is 0.693. The Morgan fingerprint density at radius 2 is 1.90 bits per heavy atom. The number of para-hydroxylation sites is 1. The Balaban J connectivity index is 1.34. The van der Waals surface area contributed by atoms with Crippen LogP contribution in [-0.4, -0.2) is 42.4 Å². The first-order valence-electron chi connectivity index (χ1n) is 11.3. The first-order valence-corrected chi connectivity index (χ1v) is 11.7. The third-order valence-corrected chi connectivity index (χ3v) is 8.45. The Hall–Kier alpha value is -1.26. The summed E-state index contributed by atoms with van der Waals surface area (Å²) in [6.07, 6.45) is 8.88. The minimum atomic E-state index is -0.234. The average Bonchev–Trinajstić information content (AvgIpc) is 3.21. The summed E-state index contributed by atoms with van der Waals surface area (Å²) in [4.78, 5) is 15.9. The van der Waals surface area contributed by atoms with E-state index in [1.807, 2.05) is 12.1 Å². The van der Waals surface area contributed by atoms with Crippen LogP contribution in [0, 0.1) is 17.3 Å². The van der Waals surface area contributed by atoms with E-state index in [0.29, 0.717) is 18.4 Å². The third-order valence-electron chi connectivity index (χ3n) is 8.01. The molecular weight excluding hydrogens is 384 g/mol. The van der Waals surface area contributed by atoms with Crippen molar-refractivity contribution in [1.82, 2.24) is 10.2 Å². The number of nitrogens with one attached hydrogen (secondary N) is 1. The van der Waals surface area contributed by atoms with Gasteiger partial charge in [0.25, 0.3) is 0 Å². The van der Waals surface area contributed by atoms with Crippen LogP contribution in [0.4, 0.5) is 0 Å². The number of benzene rings is 1. The molecule has 6 rings (SSSR count). The van der Waals surface area contributed by atoms with E-state index in [1.165, 1.54) is 24.8 Å². The third kappa shape index (κ3) is 3.57. The Kier molecular flexibility index (Phi) is 5.06. The van der Waals surface area contributed by atoms with E-state index in [1.54, 1.807) is 7.11 Å². The van der Waals surface area contributed by atoms with Crippen molar-refractivity contribution in [3.63, 3.8) is 0 Å². The number of carbonyl (C=O) groups is 1. The summed E-state index contributed by atoms with van der Waals surface area (Å²) >= 11 is 6.96. The van der Waals surface area contributed by atoms with Crippen molar-refractivity contribution in [3.8, 4) is 5.75 Å². The van der Waals surface area contributed by atoms with Crippen LogP contribution in [0.2, 0.25) is 0 Å². The van der Waals surface area contributed by atoms with E-state index in [0.717, 1.165) is 50.9 Å². The van der Waals surface area contributed by atoms with Crippen molar-refractivity contribution in [2.45, 2.75) is 62.3 Å². The molecule has 3 atom stereocenters. The van der Waals surface area contributed by atoms with Gasteiger partial charge in [-0.25, -0.2) is 0 Å². The van der Waals surface area contributed by atoms with Gasteiger partial charge in [-0.15, -0.1) is 11.6 Å². The van der Waals surface area contributed by atoms with Crippen LogP contribution < -0.4 is 10.1 Å². The smallest absolute Gasteiger partial charge is 0.226 e. The van der Waals surface area contributed by atoms with E-state index in [-0.39, 0.29) is 22.2 Å². The second-order valence-electron chi connectivity index (χ2n) is 10.1. The fourth-order valence-electron chi connectivity index (χ4n) is 7.22. The molecule has 1 aliphatic heterocycles. The molecule has 4 saturated carbocycles. The van der Waals surface area contributed by atoms with Gasteiger partial charge in [0.1, 0.15) is 5.75 Å². The van der Waals surface area contributed by atoms with Crippen LogP contribution in [0.5, 0.6) is 5.75 Å². The second kappa shape index (κ2) is 7.46. The largest absolute Gasteiger partial charge is 0.496 e. The van der Waals surface area contributed by atoms with Crippen LogP contribution in [0.25, 0.3) is 0 Å². The summed E-state index contributed by atoms with van der Waals surface area (Å²) in [7, 11) is 1.73. The lowest BCUT2D eigenvalue weighted by molar-refractivity contribution is -0.144. The van der Waals surface area contributed by atoms with E-state index < -0.39 is 0 Å². The van der Waals surface area contributed by atoms with Gasteiger partial charge < -0.3 is 10.1 Å². The lowest BCUT2D eigenvalue weighted by Gasteiger charge is -2.59. The Labute approximate surface area is 179 Å². The van der Waals surface area contributed by atoms with Crippen LogP contribution in [0.3, 0.4) is 0 Å². The molecule has 4 nitrogen and oxygen atoms in total. The fraction of sp³-hybridized carbons (Fsp3) is 0.708. The molecule has 0 spiro atoms. The number of halogens is 1. The average molecular weight is 417 g/mol. The SMILES string of the molecule is COc1ccccc1C(CNC(=O)C12CC3CC(CC(Cl)(C3)C1)C2)N1CCCC1. The van der Waals surface area contributed by atoms with Crippen LogP contribution >= 0.6 is 11.6 Å². The molecule has 4 aliphatic carbocycles. The zero-order chi connectivity index (χ0) is 20.1. The molecule has 5 fully saturated rings. The molecule has 1 N–H and O–H groups in total. The fourth-order valence-corrected chi connectivity index (χ4v) is 7.92. The minimum absolute atomic E-state index is 0.127. The van der Waals surface area contributed by atoms with E-state index in [9.17, 15) is 4.79 Å². The standard InChI is InChI=1S/C24H33ClN2O2/c1-29-21-7-3-2-6-19(21)20(27-8-4-5-9-27)15-26-22(28)23-11-17-10-18(12-23)14-24(25,13-17)16-23/h2-3,6-7,17-18,20H,4-5,8-16H2,1H3,(H,26,28). The van der Waals surface area contributed by atoms with Crippen molar-refractivity contribution >= 4 is 17.5 Å². The first kappa shape index (κ1) is 19.7. The number of hydrogen-bond acceptors (Lipinski definition) is 3. The highest BCUT2D eigenvalue weighted by Crippen LogP contribution is 2.63. The molecule has 0 aromatic heterocycles. The number of carbonyl (C=O) groups excluding carboxylic acids is 1. The van der Waals surface area contributed by atoms with E-state index in [4.69, 9.17) is 16.3 Å². The van der Waals surface area contributed by atoms with Gasteiger partial charge in [-0.1, -0.05) is 18.2 Å². The molecule has 1 amide bonds. The van der Waals surface area contributed by atoms with Gasteiger partial charge in [0.2, 0.25) is 5.91 Å². The number of likely N-dealkylation sites (tertiary alicyclic amines) is 1. The van der Waals surface area contributed by atoms with E-state index in [2.05, 4.69) is 22.3 Å². The number of methoxy groups -OCH3 is 1. The van der Waals surface area contributed by atoms with Gasteiger partial charge in [0.05, 0.1) is 18.6 Å². The highest BCUT2D eigenvalue weighted by Gasteiger charge is 2.60. The van der Waals surface area contributed by atoms with Gasteiger partial charge in [-0.3, -0.25) is 9.69 Å². The number of rotatable bonds is 6. The highest BCUT2D eigenvalue weighted by atomic mass is 35.5. The number of alkyl halides is 1. The first-order chi connectivity index (χ1) is 14.0. The van der Waals surface area contributed by atoms with Crippen LogP contribution in [0.1, 0.15) is 63.0 Å². The molecule has 29 heavy (non-hydrogen) atoms. The van der Waals surface area contributed by atoms with E-state index >= 15 is 0 Å². The monoisotopic (exact) mass is 416 g/mol. The number of hydrogen-bond donors (Lipinski definition) is 1. The summed E-state index contributed by atoms with van der Waals surface area (Å²) in [5, 5.41) is 3.39. The molecule has 1 aromatic rings. The summed E-state index contributed by atoms with van der Waals surface area (Å²) < 4.78 is 5.65. The van der Waals surface area contributed by atoms with Crippen molar-refractivity contribution in [2.24, 2.45) is 17.3 Å². The lowest BCUT2D eigenvalue weighted by Crippen LogP contribution is -2.58. The molecule has 4 bridgehead atoms. The number of nitrogens with zero attached hydrogens (tertiary/aromatic N) is 1. The van der Waals surface area contributed by atoms with Gasteiger partial charge in [0, 0.05) is 17.0 Å². The molecule has 3 unspecified atom stereocenters. The highest BCUT2D eigenvalue weighted by molar-refractivity contribution is 6.24. The second-order valence-corrected chi connectivity index (χ2v) is 10.9. The maximum atomic E-state index is 13.5. The Bertz CT molecular complexity index is 762. The number of amides is 1. The zero-order valence-corrected chi connectivity index (χ0v) is 18.2. The summed E-state index contributed by atoms with van der Waals surface area (Å²) in [6.45, 7) is 2.81. The Morgan fingerprint density at radius 3 is 2.55 bits per heavy atom. The van der Waals surface area contributed by atoms with Gasteiger partial charge in [0.15, 0.2) is 0 Å². The molecule has 5 aliphatic rings. The normalized spacial score (nSPS) is 36.9. The lowest BCUT2D eigenvalue weighted by atomic mass is 9.49. The Morgan fingerprint density at radius 1 is 1.21 bits per heavy atom.